The fourth-order valence-corrected chi connectivity index (χ4v) is 3.27. The summed E-state index contributed by atoms with van der Waals surface area (Å²) in [7, 11) is 1.88. The Morgan fingerprint density at radius 2 is 2.12 bits per heavy atom. The summed E-state index contributed by atoms with van der Waals surface area (Å²) in [5, 5.41) is 7.76. The molecule has 0 spiro atoms. The van der Waals surface area contributed by atoms with Crippen LogP contribution in [-0.2, 0) is 6.42 Å². The Morgan fingerprint density at radius 1 is 1.32 bits per heavy atom. The van der Waals surface area contributed by atoms with Gasteiger partial charge in [0, 0.05) is 39.1 Å². The first-order valence-electron chi connectivity index (χ1n) is 8.81. The Labute approximate surface area is 167 Å². The first kappa shape index (κ1) is 19.8. The van der Waals surface area contributed by atoms with Crippen LogP contribution in [0.15, 0.2) is 47.7 Å². The lowest BCUT2D eigenvalue weighted by atomic mass is 10.0. The summed E-state index contributed by atoms with van der Waals surface area (Å²) in [6.45, 7) is 5.44. The maximum atomic E-state index is 4.45. The molecule has 1 aliphatic heterocycles. The van der Waals surface area contributed by atoms with E-state index in [2.05, 4.69) is 51.5 Å². The van der Waals surface area contributed by atoms with Gasteiger partial charge in [-0.25, -0.2) is 4.68 Å². The third-order valence-corrected chi connectivity index (χ3v) is 4.57. The molecule has 1 fully saturated rings. The number of nitrogens with one attached hydrogen (secondary N) is 1. The zero-order valence-electron chi connectivity index (χ0n) is 15.1. The van der Waals surface area contributed by atoms with Crippen molar-refractivity contribution in [1.29, 1.82) is 0 Å². The van der Waals surface area contributed by atoms with Gasteiger partial charge in [-0.3, -0.25) is 4.99 Å². The van der Waals surface area contributed by atoms with Gasteiger partial charge in [-0.2, -0.15) is 5.10 Å². The van der Waals surface area contributed by atoms with Crippen molar-refractivity contribution < 1.29 is 0 Å². The molecule has 1 N–H and O–H groups in total. The van der Waals surface area contributed by atoms with Gasteiger partial charge < -0.3 is 10.2 Å². The number of piperidine rings is 1. The van der Waals surface area contributed by atoms with Crippen molar-refractivity contribution in [2.75, 3.05) is 26.7 Å². The predicted molar refractivity (Wildman–Crippen MR) is 114 cm³/mol. The van der Waals surface area contributed by atoms with Gasteiger partial charge in [0.2, 0.25) is 0 Å². The molecule has 5 nitrogen and oxygen atoms in total. The normalized spacial score (nSPS) is 17.9. The molecule has 6 heteroatoms. The number of aliphatic imine (C=N–C) groups is 1. The van der Waals surface area contributed by atoms with Crippen LogP contribution >= 0.6 is 24.0 Å². The minimum Gasteiger partial charge on any atom is -0.356 e. The van der Waals surface area contributed by atoms with Gasteiger partial charge in [-0.05, 0) is 48.9 Å². The molecular formula is C19H28IN5. The van der Waals surface area contributed by atoms with E-state index in [1.807, 2.05) is 24.0 Å². The molecule has 0 radical (unpaired) electrons. The van der Waals surface area contributed by atoms with Crippen LogP contribution in [0.4, 0.5) is 0 Å². The summed E-state index contributed by atoms with van der Waals surface area (Å²) in [6.07, 6.45) is 7.33. The summed E-state index contributed by atoms with van der Waals surface area (Å²) >= 11 is 0. The van der Waals surface area contributed by atoms with Crippen LogP contribution in [0, 0.1) is 5.92 Å². The Bertz CT molecular complexity index is 651. The topological polar surface area (TPSA) is 45.5 Å². The monoisotopic (exact) mass is 453 g/mol. The number of rotatable bonds is 4. The first-order chi connectivity index (χ1) is 11.8. The Kier molecular flexibility index (Phi) is 7.74. The number of guanidine groups is 1. The standard InChI is InChI=1S/C19H27N5.HI/c1-16-5-3-13-23(15-16)19(20-2)21-12-10-17-6-8-18(9-7-17)24-14-4-11-22-24;/h4,6-9,11,14,16H,3,5,10,12-13,15H2,1-2H3,(H,20,21);1H. The SMILES string of the molecule is CN=C(NCCc1ccc(-n2cccn2)cc1)N1CCCC(C)C1.I. The lowest BCUT2D eigenvalue weighted by molar-refractivity contribution is 0.266. The second kappa shape index (κ2) is 9.79. The van der Waals surface area contributed by atoms with Gasteiger partial charge >= 0.3 is 0 Å². The quantitative estimate of drug-likeness (QED) is 0.439. The van der Waals surface area contributed by atoms with Crippen LogP contribution in [0.5, 0.6) is 0 Å². The molecule has 136 valence electrons. The van der Waals surface area contributed by atoms with Crippen molar-refractivity contribution in [3.63, 3.8) is 0 Å². The van der Waals surface area contributed by atoms with E-state index in [4.69, 9.17) is 0 Å². The molecule has 0 bridgehead atoms. The summed E-state index contributed by atoms with van der Waals surface area (Å²) in [5.41, 5.74) is 2.41. The number of benzene rings is 1. The second-order valence-corrected chi connectivity index (χ2v) is 6.53. The molecule has 2 aromatic rings. The van der Waals surface area contributed by atoms with E-state index in [-0.39, 0.29) is 24.0 Å². The van der Waals surface area contributed by atoms with E-state index in [1.54, 1.807) is 6.20 Å². The molecule has 3 rings (SSSR count). The molecule has 2 heterocycles. The summed E-state index contributed by atoms with van der Waals surface area (Å²) < 4.78 is 1.88. The summed E-state index contributed by atoms with van der Waals surface area (Å²) in [4.78, 5) is 6.83. The highest BCUT2D eigenvalue weighted by Crippen LogP contribution is 2.15. The average molecular weight is 453 g/mol. The van der Waals surface area contributed by atoms with Gasteiger partial charge in [-0.15, -0.1) is 24.0 Å². The zero-order valence-corrected chi connectivity index (χ0v) is 17.4. The maximum absolute atomic E-state index is 4.45. The number of aromatic nitrogens is 2. The van der Waals surface area contributed by atoms with E-state index >= 15 is 0 Å². The van der Waals surface area contributed by atoms with Gasteiger partial charge in [0.25, 0.3) is 0 Å². The lowest BCUT2D eigenvalue weighted by Gasteiger charge is -2.33. The van der Waals surface area contributed by atoms with Crippen LogP contribution in [0.1, 0.15) is 25.3 Å². The maximum Gasteiger partial charge on any atom is 0.193 e. The summed E-state index contributed by atoms with van der Waals surface area (Å²) in [5.74, 6) is 1.79. The van der Waals surface area contributed by atoms with Crippen LogP contribution in [0.3, 0.4) is 0 Å². The number of hydrogen-bond donors (Lipinski definition) is 1. The van der Waals surface area contributed by atoms with Crippen LogP contribution in [-0.4, -0.2) is 47.3 Å². The molecule has 1 aromatic carbocycles. The fourth-order valence-electron chi connectivity index (χ4n) is 3.27. The second-order valence-electron chi connectivity index (χ2n) is 6.53. The van der Waals surface area contributed by atoms with E-state index < -0.39 is 0 Å². The highest BCUT2D eigenvalue weighted by Gasteiger charge is 2.18. The largest absolute Gasteiger partial charge is 0.356 e. The lowest BCUT2D eigenvalue weighted by Crippen LogP contribution is -2.46. The van der Waals surface area contributed by atoms with Gasteiger partial charge in [-0.1, -0.05) is 19.1 Å². The molecule has 0 aliphatic carbocycles. The highest BCUT2D eigenvalue weighted by molar-refractivity contribution is 14.0. The molecule has 1 unspecified atom stereocenters. The number of halogens is 1. The van der Waals surface area contributed by atoms with Gasteiger partial charge in [0.05, 0.1) is 5.69 Å². The van der Waals surface area contributed by atoms with E-state index in [1.165, 1.54) is 18.4 Å². The number of likely N-dealkylation sites (tertiary alicyclic amines) is 1. The van der Waals surface area contributed by atoms with Crippen molar-refractivity contribution in [1.82, 2.24) is 20.0 Å². The van der Waals surface area contributed by atoms with E-state index in [0.717, 1.165) is 43.6 Å². The molecule has 1 atom stereocenters. The fraction of sp³-hybridized carbons (Fsp3) is 0.474. The molecular weight excluding hydrogens is 425 g/mol. The molecule has 1 saturated heterocycles. The Morgan fingerprint density at radius 3 is 2.76 bits per heavy atom. The van der Waals surface area contributed by atoms with E-state index in [0.29, 0.717) is 0 Å². The van der Waals surface area contributed by atoms with Crippen molar-refractivity contribution in [3.05, 3.63) is 48.3 Å². The molecule has 1 aliphatic rings. The van der Waals surface area contributed by atoms with Crippen LogP contribution < -0.4 is 5.32 Å². The third-order valence-electron chi connectivity index (χ3n) is 4.57. The van der Waals surface area contributed by atoms with Crippen molar-refractivity contribution >= 4 is 29.9 Å². The third kappa shape index (κ3) is 5.45. The Hall–Kier alpha value is -1.57. The summed E-state index contributed by atoms with van der Waals surface area (Å²) in [6, 6.07) is 10.5. The van der Waals surface area contributed by atoms with Gasteiger partial charge in [0.1, 0.15) is 0 Å². The van der Waals surface area contributed by atoms with Crippen LogP contribution in [0.2, 0.25) is 0 Å². The van der Waals surface area contributed by atoms with Crippen LogP contribution in [0.25, 0.3) is 5.69 Å². The Balaban J connectivity index is 0.00000225. The smallest absolute Gasteiger partial charge is 0.193 e. The van der Waals surface area contributed by atoms with E-state index in [9.17, 15) is 0 Å². The van der Waals surface area contributed by atoms with Crippen molar-refractivity contribution in [2.45, 2.75) is 26.2 Å². The predicted octanol–water partition coefficient (Wildman–Crippen LogP) is 3.34. The highest BCUT2D eigenvalue weighted by atomic mass is 127. The molecule has 0 saturated carbocycles. The first-order valence-corrected chi connectivity index (χ1v) is 8.81. The zero-order chi connectivity index (χ0) is 16.8. The molecule has 0 amide bonds. The average Bonchev–Trinajstić information content (AvgIpc) is 3.14. The van der Waals surface area contributed by atoms with Crippen molar-refractivity contribution in [2.24, 2.45) is 10.9 Å². The van der Waals surface area contributed by atoms with Crippen molar-refractivity contribution in [3.8, 4) is 5.69 Å². The number of hydrogen-bond acceptors (Lipinski definition) is 2. The molecule has 25 heavy (non-hydrogen) atoms. The minimum atomic E-state index is 0. The number of nitrogens with zero attached hydrogens (tertiary/aromatic N) is 4. The van der Waals surface area contributed by atoms with Gasteiger partial charge in [0.15, 0.2) is 5.96 Å². The molecule has 1 aromatic heterocycles. The minimum absolute atomic E-state index is 0.